The summed E-state index contributed by atoms with van der Waals surface area (Å²) in [6, 6.07) is 3.41. The molecule has 0 amide bonds. The second-order valence-electron chi connectivity index (χ2n) is 3.42. The van der Waals surface area contributed by atoms with Gasteiger partial charge in [-0.25, -0.2) is 0 Å². The number of ether oxygens (including phenoxy) is 1. The quantitative estimate of drug-likeness (QED) is 0.807. The highest BCUT2D eigenvalue weighted by molar-refractivity contribution is 5.79. The Kier molecular flexibility index (Phi) is 2.29. The van der Waals surface area contributed by atoms with Crippen molar-refractivity contribution in [2.24, 2.45) is 0 Å². The first-order valence-corrected chi connectivity index (χ1v) is 4.47. The monoisotopic (exact) mass is 232 g/mol. The zero-order chi connectivity index (χ0) is 11.9. The Labute approximate surface area is 88.5 Å². The highest BCUT2D eigenvalue weighted by Crippen LogP contribution is 2.43. The number of alkyl halides is 3. The van der Waals surface area contributed by atoms with Crippen molar-refractivity contribution in [3.05, 3.63) is 29.3 Å². The van der Waals surface area contributed by atoms with Crippen LogP contribution in [0.3, 0.4) is 0 Å². The molecule has 1 aromatic carbocycles. The second-order valence-corrected chi connectivity index (χ2v) is 3.42. The maximum atomic E-state index is 12.6. The van der Waals surface area contributed by atoms with E-state index in [0.717, 1.165) is 6.07 Å². The van der Waals surface area contributed by atoms with Gasteiger partial charge in [0.2, 0.25) is 0 Å². The summed E-state index contributed by atoms with van der Waals surface area (Å²) in [6.07, 6.45) is -4.56. The molecule has 0 aromatic heterocycles. The van der Waals surface area contributed by atoms with Gasteiger partial charge in [0.15, 0.2) is 0 Å². The van der Waals surface area contributed by atoms with Gasteiger partial charge in [-0.3, -0.25) is 4.79 Å². The smallest absolute Gasteiger partial charge is 0.416 e. The Morgan fingerprint density at radius 2 is 2.12 bits per heavy atom. The molecule has 0 bridgehead atoms. The number of fused-ring (bicyclic) bond motifs is 1. The molecule has 2 rings (SSSR count). The number of benzene rings is 1. The third-order valence-corrected chi connectivity index (χ3v) is 2.42. The number of aliphatic carboxylic acids is 1. The van der Waals surface area contributed by atoms with Crippen LogP contribution >= 0.6 is 0 Å². The van der Waals surface area contributed by atoms with E-state index in [0.29, 0.717) is 0 Å². The Bertz CT molecular complexity index is 439. The van der Waals surface area contributed by atoms with Crippen LogP contribution < -0.4 is 4.74 Å². The summed E-state index contributed by atoms with van der Waals surface area (Å²) in [4.78, 5) is 10.8. The Morgan fingerprint density at radius 3 is 2.69 bits per heavy atom. The van der Waals surface area contributed by atoms with Crippen molar-refractivity contribution in [3.63, 3.8) is 0 Å². The van der Waals surface area contributed by atoms with Crippen LogP contribution in [-0.4, -0.2) is 17.7 Å². The summed E-state index contributed by atoms with van der Waals surface area (Å²) in [6.45, 7) is -0.252. The minimum atomic E-state index is -4.56. The van der Waals surface area contributed by atoms with Gasteiger partial charge >= 0.3 is 12.1 Å². The average Bonchev–Trinajstić information content (AvgIpc) is 2.58. The molecule has 1 atom stereocenters. The molecule has 0 spiro atoms. The summed E-state index contributed by atoms with van der Waals surface area (Å²) < 4.78 is 42.8. The lowest BCUT2D eigenvalue weighted by molar-refractivity contribution is -0.141. The van der Waals surface area contributed by atoms with Crippen LogP contribution in [0.15, 0.2) is 18.2 Å². The molecule has 6 heteroatoms. The van der Waals surface area contributed by atoms with E-state index < -0.39 is 23.6 Å². The number of halogens is 3. The molecule has 0 saturated heterocycles. The molecular weight excluding hydrogens is 225 g/mol. The first-order valence-electron chi connectivity index (χ1n) is 4.47. The van der Waals surface area contributed by atoms with Gasteiger partial charge in [0.1, 0.15) is 18.3 Å². The predicted molar refractivity (Wildman–Crippen MR) is 47.3 cm³/mol. The maximum absolute atomic E-state index is 12.6. The lowest BCUT2D eigenvalue weighted by atomic mass is 9.95. The number of hydrogen-bond donors (Lipinski definition) is 1. The highest BCUT2D eigenvalue weighted by atomic mass is 19.4. The molecule has 1 N–H and O–H groups in total. The fourth-order valence-corrected chi connectivity index (χ4v) is 1.73. The summed E-state index contributed by atoms with van der Waals surface area (Å²) in [5.41, 5.74) is -1.21. The number of carboxylic acid groups (broad SMARTS) is 1. The SMILES string of the molecule is O=C(O)C1COc2cccc(C(F)(F)F)c21. The number of carboxylic acids is 1. The first kappa shape index (κ1) is 10.8. The van der Waals surface area contributed by atoms with Gasteiger partial charge in [-0.15, -0.1) is 0 Å². The van der Waals surface area contributed by atoms with Gasteiger partial charge in [0.25, 0.3) is 0 Å². The van der Waals surface area contributed by atoms with Gasteiger partial charge in [-0.1, -0.05) is 6.07 Å². The first-order chi connectivity index (χ1) is 7.41. The lowest BCUT2D eigenvalue weighted by Crippen LogP contribution is -2.17. The van der Waals surface area contributed by atoms with Crippen LogP contribution in [0.4, 0.5) is 13.2 Å². The molecule has 0 aliphatic carbocycles. The van der Waals surface area contributed by atoms with Crippen molar-refractivity contribution in [3.8, 4) is 5.75 Å². The van der Waals surface area contributed by atoms with Gasteiger partial charge in [0.05, 0.1) is 5.56 Å². The second kappa shape index (κ2) is 3.40. The summed E-state index contributed by atoms with van der Waals surface area (Å²) in [5.74, 6) is -2.55. The summed E-state index contributed by atoms with van der Waals surface area (Å²) >= 11 is 0. The predicted octanol–water partition coefficient (Wildman–Crippen LogP) is 2.27. The lowest BCUT2D eigenvalue weighted by Gasteiger charge is -2.12. The minimum absolute atomic E-state index is 0.00206. The molecule has 0 fully saturated rings. The van der Waals surface area contributed by atoms with E-state index in [1.54, 1.807) is 0 Å². The Hall–Kier alpha value is -1.72. The van der Waals surface area contributed by atoms with Gasteiger partial charge in [-0.2, -0.15) is 13.2 Å². The fraction of sp³-hybridized carbons (Fsp3) is 0.300. The third-order valence-electron chi connectivity index (χ3n) is 2.42. The fourth-order valence-electron chi connectivity index (χ4n) is 1.73. The molecule has 1 heterocycles. The topological polar surface area (TPSA) is 46.5 Å². The van der Waals surface area contributed by atoms with Crippen LogP contribution in [0.5, 0.6) is 5.75 Å². The van der Waals surface area contributed by atoms with Crippen LogP contribution in [-0.2, 0) is 11.0 Å². The van der Waals surface area contributed by atoms with Crippen LogP contribution in [0.1, 0.15) is 17.0 Å². The van der Waals surface area contributed by atoms with Crippen LogP contribution in [0.2, 0.25) is 0 Å². The van der Waals surface area contributed by atoms with E-state index >= 15 is 0 Å². The minimum Gasteiger partial charge on any atom is -0.492 e. The molecule has 3 nitrogen and oxygen atoms in total. The standard InChI is InChI=1S/C10H7F3O3/c11-10(12,13)6-2-1-3-7-8(6)5(4-16-7)9(14)15/h1-3,5H,4H2,(H,14,15). The molecular formula is C10H7F3O3. The molecule has 0 saturated carbocycles. The van der Waals surface area contributed by atoms with Gasteiger partial charge in [-0.05, 0) is 12.1 Å². The van der Waals surface area contributed by atoms with E-state index in [2.05, 4.69) is 0 Å². The molecule has 0 radical (unpaired) electrons. The van der Waals surface area contributed by atoms with E-state index in [4.69, 9.17) is 9.84 Å². The van der Waals surface area contributed by atoms with Crippen molar-refractivity contribution >= 4 is 5.97 Å². The Morgan fingerprint density at radius 1 is 1.44 bits per heavy atom. The van der Waals surface area contributed by atoms with E-state index in [-0.39, 0.29) is 17.9 Å². The zero-order valence-corrected chi connectivity index (χ0v) is 7.91. The molecule has 1 aliphatic rings. The average molecular weight is 232 g/mol. The highest BCUT2D eigenvalue weighted by Gasteiger charge is 2.41. The van der Waals surface area contributed by atoms with Crippen molar-refractivity contribution < 1.29 is 27.8 Å². The number of hydrogen-bond acceptors (Lipinski definition) is 2. The molecule has 86 valence electrons. The number of carbonyl (C=O) groups is 1. The van der Waals surface area contributed by atoms with Crippen LogP contribution in [0.25, 0.3) is 0 Å². The van der Waals surface area contributed by atoms with Crippen molar-refractivity contribution in [1.29, 1.82) is 0 Å². The maximum Gasteiger partial charge on any atom is 0.416 e. The zero-order valence-electron chi connectivity index (χ0n) is 7.91. The summed E-state index contributed by atoms with van der Waals surface area (Å²) in [7, 11) is 0. The van der Waals surface area contributed by atoms with Crippen molar-refractivity contribution in [2.75, 3.05) is 6.61 Å². The normalized spacial score (nSPS) is 19.1. The Balaban J connectivity index is 2.58. The van der Waals surface area contributed by atoms with Crippen molar-refractivity contribution in [1.82, 2.24) is 0 Å². The van der Waals surface area contributed by atoms with Gasteiger partial charge in [0, 0.05) is 5.56 Å². The molecule has 1 aromatic rings. The molecule has 1 unspecified atom stereocenters. The number of rotatable bonds is 1. The van der Waals surface area contributed by atoms with Gasteiger partial charge < -0.3 is 9.84 Å². The molecule has 16 heavy (non-hydrogen) atoms. The van der Waals surface area contributed by atoms with Crippen LogP contribution in [0, 0.1) is 0 Å². The third kappa shape index (κ3) is 1.60. The largest absolute Gasteiger partial charge is 0.492 e. The van der Waals surface area contributed by atoms with E-state index in [9.17, 15) is 18.0 Å². The summed E-state index contributed by atoms with van der Waals surface area (Å²) in [5, 5.41) is 8.80. The van der Waals surface area contributed by atoms with E-state index in [1.165, 1.54) is 12.1 Å². The van der Waals surface area contributed by atoms with E-state index in [1.807, 2.05) is 0 Å². The van der Waals surface area contributed by atoms with Crippen molar-refractivity contribution in [2.45, 2.75) is 12.1 Å². The molecule has 1 aliphatic heterocycles.